The van der Waals surface area contributed by atoms with E-state index < -0.39 is 17.9 Å². The standard InChI is InChI=1S/C12H25N3O3/c1-4-15(5-2)8-7-14-10(12(13)17)9-11(16)18-6-3/h10,14H,4-9H2,1-3H3,(H2,13,17). The van der Waals surface area contributed by atoms with Gasteiger partial charge in [-0.05, 0) is 20.0 Å². The molecular weight excluding hydrogens is 234 g/mol. The maximum atomic E-state index is 11.3. The average molecular weight is 259 g/mol. The first-order valence-electron chi connectivity index (χ1n) is 6.45. The highest BCUT2D eigenvalue weighted by Crippen LogP contribution is 1.95. The fourth-order valence-electron chi connectivity index (χ4n) is 1.60. The maximum Gasteiger partial charge on any atom is 0.307 e. The molecule has 6 heteroatoms. The van der Waals surface area contributed by atoms with E-state index in [1.807, 2.05) is 0 Å². The van der Waals surface area contributed by atoms with Crippen LogP contribution in [0.15, 0.2) is 0 Å². The van der Waals surface area contributed by atoms with E-state index in [0.717, 1.165) is 19.6 Å². The Balaban J connectivity index is 4.05. The summed E-state index contributed by atoms with van der Waals surface area (Å²) >= 11 is 0. The molecule has 0 aromatic rings. The molecule has 0 bridgehead atoms. The minimum atomic E-state index is -0.653. The topological polar surface area (TPSA) is 84.7 Å². The molecule has 0 saturated carbocycles. The Morgan fingerprint density at radius 3 is 2.33 bits per heavy atom. The second kappa shape index (κ2) is 9.85. The number of carbonyl (C=O) groups is 2. The van der Waals surface area contributed by atoms with Crippen molar-refractivity contribution in [2.24, 2.45) is 5.73 Å². The summed E-state index contributed by atoms with van der Waals surface area (Å²) in [4.78, 5) is 24.7. The maximum absolute atomic E-state index is 11.3. The van der Waals surface area contributed by atoms with Gasteiger partial charge in [-0.15, -0.1) is 0 Å². The van der Waals surface area contributed by atoms with Crippen molar-refractivity contribution < 1.29 is 14.3 Å². The van der Waals surface area contributed by atoms with Crippen molar-refractivity contribution >= 4 is 11.9 Å². The van der Waals surface area contributed by atoms with Gasteiger partial charge in [-0.2, -0.15) is 0 Å². The normalized spacial score (nSPS) is 12.4. The van der Waals surface area contributed by atoms with Crippen molar-refractivity contribution in [3.8, 4) is 0 Å². The molecule has 1 unspecified atom stereocenters. The van der Waals surface area contributed by atoms with Gasteiger partial charge < -0.3 is 20.7 Å². The predicted octanol–water partition coefficient (Wildman–Crippen LogP) is -0.275. The predicted molar refractivity (Wildman–Crippen MR) is 70.0 cm³/mol. The summed E-state index contributed by atoms with van der Waals surface area (Å²) in [6, 6.07) is -0.653. The molecule has 0 aliphatic rings. The third kappa shape index (κ3) is 7.24. The number of esters is 1. The lowest BCUT2D eigenvalue weighted by molar-refractivity contribution is -0.145. The number of nitrogens with one attached hydrogen (secondary N) is 1. The highest BCUT2D eigenvalue weighted by atomic mass is 16.5. The van der Waals surface area contributed by atoms with Gasteiger partial charge in [-0.25, -0.2) is 0 Å². The smallest absolute Gasteiger partial charge is 0.307 e. The summed E-state index contributed by atoms with van der Waals surface area (Å²) in [6.45, 7) is 9.54. The van der Waals surface area contributed by atoms with Crippen molar-refractivity contribution in [2.75, 3.05) is 32.8 Å². The largest absolute Gasteiger partial charge is 0.466 e. The quantitative estimate of drug-likeness (QED) is 0.527. The lowest BCUT2D eigenvalue weighted by Crippen LogP contribution is -2.45. The van der Waals surface area contributed by atoms with Crippen LogP contribution >= 0.6 is 0 Å². The van der Waals surface area contributed by atoms with Crippen molar-refractivity contribution in [1.29, 1.82) is 0 Å². The monoisotopic (exact) mass is 259 g/mol. The lowest BCUT2D eigenvalue weighted by Gasteiger charge is -2.20. The van der Waals surface area contributed by atoms with E-state index >= 15 is 0 Å². The van der Waals surface area contributed by atoms with E-state index in [0.29, 0.717) is 13.2 Å². The van der Waals surface area contributed by atoms with Crippen molar-refractivity contribution in [3.63, 3.8) is 0 Å². The first-order chi connectivity index (χ1) is 8.54. The lowest BCUT2D eigenvalue weighted by atomic mass is 10.2. The molecule has 3 N–H and O–H groups in total. The molecule has 0 aliphatic heterocycles. The van der Waals surface area contributed by atoms with Gasteiger partial charge in [-0.3, -0.25) is 9.59 Å². The number of hydrogen-bond donors (Lipinski definition) is 2. The van der Waals surface area contributed by atoms with Gasteiger partial charge in [0, 0.05) is 13.1 Å². The first-order valence-corrected chi connectivity index (χ1v) is 6.45. The fraction of sp³-hybridized carbons (Fsp3) is 0.833. The SMILES string of the molecule is CCOC(=O)CC(NCCN(CC)CC)C(N)=O. The molecule has 0 rings (SSSR count). The highest BCUT2D eigenvalue weighted by molar-refractivity contribution is 5.85. The molecule has 0 spiro atoms. The molecule has 1 atom stereocenters. The molecule has 0 aromatic heterocycles. The number of primary amides is 1. The summed E-state index contributed by atoms with van der Waals surface area (Å²) in [6.07, 6.45) is -0.0125. The Morgan fingerprint density at radius 1 is 1.28 bits per heavy atom. The average Bonchev–Trinajstić information content (AvgIpc) is 2.33. The Kier molecular flexibility index (Phi) is 9.22. The van der Waals surface area contributed by atoms with Gasteiger partial charge in [0.05, 0.1) is 19.1 Å². The van der Waals surface area contributed by atoms with Crippen LogP contribution in [0.1, 0.15) is 27.2 Å². The highest BCUT2D eigenvalue weighted by Gasteiger charge is 2.19. The summed E-state index contributed by atoms with van der Waals surface area (Å²) < 4.78 is 4.80. The molecular formula is C12H25N3O3. The molecule has 1 amide bonds. The number of nitrogens with zero attached hydrogens (tertiary/aromatic N) is 1. The van der Waals surface area contributed by atoms with E-state index in [9.17, 15) is 9.59 Å². The van der Waals surface area contributed by atoms with Crippen LogP contribution in [0.4, 0.5) is 0 Å². The second-order valence-corrected chi connectivity index (χ2v) is 3.95. The van der Waals surface area contributed by atoms with Crippen LogP contribution < -0.4 is 11.1 Å². The Bertz CT molecular complexity index is 255. The van der Waals surface area contributed by atoms with E-state index in [4.69, 9.17) is 10.5 Å². The van der Waals surface area contributed by atoms with Gasteiger partial charge in [-0.1, -0.05) is 13.8 Å². The summed E-state index contributed by atoms with van der Waals surface area (Å²) in [7, 11) is 0. The van der Waals surface area contributed by atoms with Crippen molar-refractivity contribution in [1.82, 2.24) is 10.2 Å². The molecule has 0 aromatic carbocycles. The number of amides is 1. The molecule has 0 fully saturated rings. The van der Waals surface area contributed by atoms with E-state index in [2.05, 4.69) is 24.1 Å². The second-order valence-electron chi connectivity index (χ2n) is 3.95. The van der Waals surface area contributed by atoms with Crippen LogP contribution in [0.5, 0.6) is 0 Å². The summed E-state index contributed by atoms with van der Waals surface area (Å²) in [5.74, 6) is -0.931. The van der Waals surface area contributed by atoms with Crippen LogP contribution in [0.2, 0.25) is 0 Å². The molecule has 0 aliphatic carbocycles. The van der Waals surface area contributed by atoms with Crippen molar-refractivity contribution in [2.45, 2.75) is 33.2 Å². The van der Waals surface area contributed by atoms with Gasteiger partial charge in [0.2, 0.25) is 5.91 Å². The van der Waals surface area contributed by atoms with Crippen LogP contribution in [0.25, 0.3) is 0 Å². The third-order valence-electron chi connectivity index (χ3n) is 2.73. The van der Waals surface area contributed by atoms with E-state index in [1.54, 1.807) is 6.92 Å². The zero-order valence-corrected chi connectivity index (χ0v) is 11.6. The van der Waals surface area contributed by atoms with Crippen LogP contribution in [0, 0.1) is 0 Å². The van der Waals surface area contributed by atoms with Crippen molar-refractivity contribution in [3.05, 3.63) is 0 Å². The van der Waals surface area contributed by atoms with Gasteiger partial charge in [0.25, 0.3) is 0 Å². The molecule has 18 heavy (non-hydrogen) atoms. The summed E-state index contributed by atoms with van der Waals surface area (Å²) in [5, 5.41) is 2.99. The number of rotatable bonds is 10. The van der Waals surface area contributed by atoms with Crippen LogP contribution in [0.3, 0.4) is 0 Å². The Morgan fingerprint density at radius 2 is 1.89 bits per heavy atom. The third-order valence-corrected chi connectivity index (χ3v) is 2.73. The Hall–Kier alpha value is -1.14. The zero-order chi connectivity index (χ0) is 14.0. The fourth-order valence-corrected chi connectivity index (χ4v) is 1.60. The van der Waals surface area contributed by atoms with Gasteiger partial charge >= 0.3 is 5.97 Å². The van der Waals surface area contributed by atoms with E-state index in [-0.39, 0.29) is 6.42 Å². The number of hydrogen-bond acceptors (Lipinski definition) is 5. The molecule has 6 nitrogen and oxygen atoms in total. The number of ether oxygens (including phenoxy) is 1. The number of likely N-dealkylation sites (N-methyl/N-ethyl adjacent to an activating group) is 1. The molecule has 0 heterocycles. The molecule has 0 radical (unpaired) electrons. The first kappa shape index (κ1) is 16.9. The molecule has 106 valence electrons. The Labute approximate surface area is 109 Å². The number of carbonyl (C=O) groups excluding carboxylic acids is 2. The summed E-state index contributed by atoms with van der Waals surface area (Å²) in [5.41, 5.74) is 5.24. The minimum absolute atomic E-state index is 0.0125. The molecule has 0 saturated heterocycles. The zero-order valence-electron chi connectivity index (χ0n) is 11.6. The van der Waals surface area contributed by atoms with Gasteiger partial charge in [0.15, 0.2) is 0 Å². The van der Waals surface area contributed by atoms with Gasteiger partial charge in [0.1, 0.15) is 0 Å². The van der Waals surface area contributed by atoms with Crippen LogP contribution in [-0.4, -0.2) is 55.6 Å². The minimum Gasteiger partial charge on any atom is -0.466 e. The van der Waals surface area contributed by atoms with E-state index in [1.165, 1.54) is 0 Å². The number of nitrogens with two attached hydrogens (primary N) is 1. The van der Waals surface area contributed by atoms with Crippen LogP contribution in [-0.2, 0) is 14.3 Å².